The zero-order chi connectivity index (χ0) is 28.5. The molecule has 12 heteroatoms. The Hall–Kier alpha value is -4.19. The molecule has 0 spiro atoms. The molecule has 1 aliphatic heterocycles. The Kier molecular flexibility index (Phi) is 10.2. The summed E-state index contributed by atoms with van der Waals surface area (Å²) in [6.45, 7) is 5.11. The molecule has 0 aliphatic carbocycles. The van der Waals surface area contributed by atoms with Crippen molar-refractivity contribution < 1.29 is 33.5 Å². The van der Waals surface area contributed by atoms with Gasteiger partial charge in [0.1, 0.15) is 11.9 Å². The van der Waals surface area contributed by atoms with Crippen molar-refractivity contribution in [2.24, 2.45) is 10.9 Å². The van der Waals surface area contributed by atoms with E-state index in [1.165, 1.54) is 30.0 Å². The quantitative estimate of drug-likeness (QED) is 0.0806. The fourth-order valence-corrected chi connectivity index (χ4v) is 4.85. The number of nitrogen functional groups attached to an aromatic ring is 1. The van der Waals surface area contributed by atoms with Gasteiger partial charge in [0.05, 0.1) is 35.0 Å². The minimum Gasteiger partial charge on any atom is -0.465 e. The summed E-state index contributed by atoms with van der Waals surface area (Å²) in [6.07, 6.45) is 0. The van der Waals surface area contributed by atoms with Crippen LogP contribution >= 0.6 is 11.8 Å². The van der Waals surface area contributed by atoms with Crippen LogP contribution in [-0.4, -0.2) is 53.4 Å². The lowest BCUT2D eigenvalue weighted by Gasteiger charge is -2.32. The predicted molar refractivity (Wildman–Crippen MR) is 146 cm³/mol. The summed E-state index contributed by atoms with van der Waals surface area (Å²) in [4.78, 5) is 54.1. The molecule has 2 unspecified atom stereocenters. The van der Waals surface area contributed by atoms with Crippen molar-refractivity contribution in [2.75, 3.05) is 30.6 Å². The third-order valence-electron chi connectivity index (χ3n) is 5.85. The van der Waals surface area contributed by atoms with Crippen LogP contribution in [0, 0.1) is 16.0 Å². The van der Waals surface area contributed by atoms with Gasteiger partial charge in [0.15, 0.2) is 0 Å². The van der Waals surface area contributed by atoms with E-state index in [2.05, 4.69) is 4.99 Å². The van der Waals surface area contributed by atoms with Gasteiger partial charge in [-0.1, -0.05) is 12.1 Å². The lowest BCUT2D eigenvalue weighted by Crippen LogP contribution is -2.37. The van der Waals surface area contributed by atoms with E-state index in [9.17, 15) is 24.5 Å². The number of non-ortho nitro benzene ring substituents is 1. The predicted octanol–water partition coefficient (Wildman–Crippen LogP) is 4.28. The molecule has 1 heterocycles. The van der Waals surface area contributed by atoms with Gasteiger partial charge in [0.25, 0.3) is 5.69 Å². The van der Waals surface area contributed by atoms with Crippen molar-refractivity contribution in [1.29, 1.82) is 0 Å². The van der Waals surface area contributed by atoms with Gasteiger partial charge < -0.3 is 19.9 Å². The molecule has 2 atom stereocenters. The molecule has 11 nitrogen and oxygen atoms in total. The molecule has 0 fully saturated rings. The molecule has 2 aromatic rings. The Labute approximate surface area is 229 Å². The van der Waals surface area contributed by atoms with E-state index in [0.717, 1.165) is 0 Å². The van der Waals surface area contributed by atoms with Crippen LogP contribution in [0.3, 0.4) is 0 Å². The summed E-state index contributed by atoms with van der Waals surface area (Å²) in [7, 11) is 0. The van der Waals surface area contributed by atoms with E-state index in [1.54, 1.807) is 51.1 Å². The van der Waals surface area contributed by atoms with Crippen molar-refractivity contribution >= 4 is 46.8 Å². The van der Waals surface area contributed by atoms with E-state index in [-0.39, 0.29) is 36.2 Å². The summed E-state index contributed by atoms with van der Waals surface area (Å²) in [5.74, 6) is -3.68. The van der Waals surface area contributed by atoms with Gasteiger partial charge >= 0.3 is 17.9 Å². The molecular formula is C27H29N3O8S. The number of nitro benzene ring substituents is 1. The second kappa shape index (κ2) is 13.6. The maximum absolute atomic E-state index is 13.3. The van der Waals surface area contributed by atoms with E-state index < -0.39 is 34.7 Å². The van der Waals surface area contributed by atoms with Crippen LogP contribution in [0.1, 0.15) is 42.6 Å². The summed E-state index contributed by atoms with van der Waals surface area (Å²) in [6, 6.07) is 12.0. The molecule has 0 aromatic heterocycles. The SMILES string of the molecule is CCOC(=O)C1=C(CSCOC(=O)c2ccc(N)cc2)N=C(C)C(C(=O)OCC)C1c1cccc([N+](=O)[O-])c1. The minimum absolute atomic E-state index is 0.0415. The number of nitrogens with two attached hydrogens (primary N) is 1. The number of esters is 3. The van der Waals surface area contributed by atoms with Crippen LogP contribution in [0.25, 0.3) is 0 Å². The number of anilines is 1. The Morgan fingerprint density at radius 2 is 1.72 bits per heavy atom. The number of ether oxygens (including phenoxy) is 3. The first-order chi connectivity index (χ1) is 18.7. The summed E-state index contributed by atoms with van der Waals surface area (Å²) >= 11 is 1.19. The van der Waals surface area contributed by atoms with Crippen LogP contribution in [0.4, 0.5) is 11.4 Å². The third-order valence-corrected chi connectivity index (χ3v) is 6.61. The average molecular weight is 556 g/mol. The standard InChI is InChI=1S/C27H29N3O8S/c1-4-36-26(32)22-16(3)29-21(14-39-15-38-25(31)17-9-11-19(28)12-10-17)24(27(33)37-5-2)23(22)18-7-6-8-20(13-18)30(34)35/h6-13,22-23H,4-5,14-15,28H2,1-3H3. The van der Waals surface area contributed by atoms with Gasteiger partial charge in [-0.25, -0.2) is 9.59 Å². The van der Waals surface area contributed by atoms with E-state index in [0.29, 0.717) is 28.2 Å². The first-order valence-electron chi connectivity index (χ1n) is 12.1. The fraction of sp³-hybridized carbons (Fsp3) is 0.333. The summed E-state index contributed by atoms with van der Waals surface area (Å²) < 4.78 is 15.9. The number of thioether (sulfide) groups is 1. The van der Waals surface area contributed by atoms with Gasteiger partial charge in [-0.3, -0.25) is 19.9 Å². The monoisotopic (exact) mass is 555 g/mol. The van der Waals surface area contributed by atoms with Crippen molar-refractivity contribution in [1.82, 2.24) is 0 Å². The normalized spacial score (nSPS) is 16.7. The average Bonchev–Trinajstić information content (AvgIpc) is 2.91. The first kappa shape index (κ1) is 29.4. The van der Waals surface area contributed by atoms with Crippen molar-refractivity contribution in [3.05, 3.63) is 81.0 Å². The first-order valence-corrected chi connectivity index (χ1v) is 13.3. The number of benzene rings is 2. The Morgan fingerprint density at radius 1 is 1.03 bits per heavy atom. The van der Waals surface area contributed by atoms with Crippen molar-refractivity contribution in [3.63, 3.8) is 0 Å². The van der Waals surface area contributed by atoms with Gasteiger partial charge in [0.2, 0.25) is 0 Å². The highest BCUT2D eigenvalue weighted by molar-refractivity contribution is 7.99. The molecule has 2 aromatic carbocycles. The number of hydrogen-bond acceptors (Lipinski definition) is 11. The smallest absolute Gasteiger partial charge is 0.338 e. The number of rotatable bonds is 11. The molecule has 0 saturated carbocycles. The molecular weight excluding hydrogens is 526 g/mol. The lowest BCUT2D eigenvalue weighted by atomic mass is 9.75. The number of nitrogens with zero attached hydrogens (tertiary/aromatic N) is 2. The minimum atomic E-state index is -0.997. The second-order valence-electron chi connectivity index (χ2n) is 8.41. The largest absolute Gasteiger partial charge is 0.465 e. The highest BCUT2D eigenvalue weighted by atomic mass is 32.2. The van der Waals surface area contributed by atoms with E-state index in [1.807, 2.05) is 0 Å². The number of carbonyl (C=O) groups excluding carboxylic acids is 3. The van der Waals surface area contributed by atoms with Crippen LogP contribution < -0.4 is 5.73 Å². The van der Waals surface area contributed by atoms with Crippen molar-refractivity contribution in [3.8, 4) is 0 Å². The van der Waals surface area contributed by atoms with Gasteiger partial charge in [-0.05, 0) is 50.6 Å². The molecule has 0 bridgehead atoms. The maximum Gasteiger partial charge on any atom is 0.338 e. The maximum atomic E-state index is 13.3. The molecule has 3 rings (SSSR count). The molecule has 1 aliphatic rings. The molecule has 0 amide bonds. The van der Waals surface area contributed by atoms with Crippen LogP contribution in [0.5, 0.6) is 0 Å². The van der Waals surface area contributed by atoms with E-state index >= 15 is 0 Å². The van der Waals surface area contributed by atoms with Crippen LogP contribution in [-0.2, 0) is 23.8 Å². The van der Waals surface area contributed by atoms with Gasteiger partial charge in [-0.2, -0.15) is 0 Å². The zero-order valence-electron chi connectivity index (χ0n) is 21.7. The lowest BCUT2D eigenvalue weighted by molar-refractivity contribution is -0.384. The van der Waals surface area contributed by atoms with E-state index in [4.69, 9.17) is 19.9 Å². The molecule has 0 saturated heterocycles. The number of aliphatic imine (C=N–C) groups is 1. The topological polar surface area (TPSA) is 160 Å². The third kappa shape index (κ3) is 7.23. The molecule has 2 N–H and O–H groups in total. The highest BCUT2D eigenvalue weighted by Gasteiger charge is 2.43. The highest BCUT2D eigenvalue weighted by Crippen LogP contribution is 2.41. The van der Waals surface area contributed by atoms with Gasteiger partial charge in [0, 0.05) is 35.2 Å². The van der Waals surface area contributed by atoms with Crippen molar-refractivity contribution in [2.45, 2.75) is 26.7 Å². The van der Waals surface area contributed by atoms with Gasteiger partial charge in [-0.15, -0.1) is 11.8 Å². The number of nitro groups is 1. The molecule has 39 heavy (non-hydrogen) atoms. The zero-order valence-corrected chi connectivity index (χ0v) is 22.6. The van der Waals surface area contributed by atoms with Crippen LogP contribution in [0.15, 0.2) is 64.8 Å². The Bertz CT molecular complexity index is 1310. The summed E-state index contributed by atoms with van der Waals surface area (Å²) in [5, 5.41) is 11.5. The molecule has 206 valence electrons. The fourth-order valence-electron chi connectivity index (χ4n) is 4.16. The number of carbonyl (C=O) groups is 3. The Balaban J connectivity index is 1.96. The molecule has 0 radical (unpaired) electrons. The summed E-state index contributed by atoms with van der Waals surface area (Å²) in [5.41, 5.74) is 7.48. The Morgan fingerprint density at radius 3 is 2.36 bits per heavy atom. The second-order valence-corrected chi connectivity index (χ2v) is 9.35. The number of hydrogen-bond donors (Lipinski definition) is 1. The van der Waals surface area contributed by atoms with Crippen LogP contribution in [0.2, 0.25) is 0 Å².